The first kappa shape index (κ1) is 10.5. The van der Waals surface area contributed by atoms with Crippen molar-refractivity contribution in [3.63, 3.8) is 0 Å². The van der Waals surface area contributed by atoms with E-state index in [0.29, 0.717) is 4.47 Å². The van der Waals surface area contributed by atoms with Crippen molar-refractivity contribution in [3.8, 4) is 5.75 Å². The molecule has 0 aliphatic heterocycles. The van der Waals surface area contributed by atoms with Crippen molar-refractivity contribution in [2.75, 3.05) is 0 Å². The number of aliphatic hydroxyl groups is 1. The SMILES string of the molecule is OB(O)[C@H](O)c1cc(O)ccc1Br. The van der Waals surface area contributed by atoms with E-state index in [0.717, 1.165) is 0 Å². The molecule has 0 bridgehead atoms. The van der Waals surface area contributed by atoms with Gasteiger partial charge in [-0.25, -0.2) is 0 Å². The largest absolute Gasteiger partial charge is 0.508 e. The van der Waals surface area contributed by atoms with Gasteiger partial charge in [-0.05, 0) is 23.8 Å². The average molecular weight is 247 g/mol. The van der Waals surface area contributed by atoms with Crippen molar-refractivity contribution in [3.05, 3.63) is 28.2 Å². The summed E-state index contributed by atoms with van der Waals surface area (Å²) in [5.41, 5.74) is 0.231. The first-order valence-corrected chi connectivity index (χ1v) is 4.34. The Labute approximate surface area is 83.7 Å². The molecule has 0 aliphatic carbocycles. The summed E-state index contributed by atoms with van der Waals surface area (Å²) in [6, 6.07) is 2.76. The summed E-state index contributed by atoms with van der Waals surface area (Å²) in [5.74, 6) is -0.0436. The van der Waals surface area contributed by atoms with Crippen molar-refractivity contribution in [2.24, 2.45) is 0 Å². The molecule has 0 spiro atoms. The summed E-state index contributed by atoms with van der Waals surface area (Å²) >= 11 is 3.11. The molecule has 0 fully saturated rings. The highest BCUT2D eigenvalue weighted by Gasteiger charge is 2.24. The summed E-state index contributed by atoms with van der Waals surface area (Å²) < 4.78 is 0.505. The van der Waals surface area contributed by atoms with Crippen molar-refractivity contribution < 1.29 is 20.3 Å². The Hall–Kier alpha value is -0.555. The zero-order chi connectivity index (χ0) is 10.0. The monoisotopic (exact) mass is 246 g/mol. The summed E-state index contributed by atoms with van der Waals surface area (Å²) in [6.45, 7) is 0. The summed E-state index contributed by atoms with van der Waals surface area (Å²) in [4.78, 5) is 0. The minimum atomic E-state index is -1.86. The third-order valence-corrected chi connectivity index (χ3v) is 2.30. The van der Waals surface area contributed by atoms with Gasteiger partial charge in [-0.15, -0.1) is 0 Å². The smallest absolute Gasteiger partial charge is 0.487 e. The zero-order valence-corrected chi connectivity index (χ0v) is 8.14. The van der Waals surface area contributed by atoms with Crippen LogP contribution >= 0.6 is 15.9 Å². The lowest BCUT2D eigenvalue weighted by Crippen LogP contribution is -2.23. The third kappa shape index (κ3) is 2.44. The Morgan fingerprint density at radius 2 is 1.92 bits per heavy atom. The van der Waals surface area contributed by atoms with E-state index in [4.69, 9.17) is 15.2 Å². The van der Waals surface area contributed by atoms with E-state index in [1.807, 2.05) is 0 Å². The van der Waals surface area contributed by atoms with E-state index >= 15 is 0 Å². The molecular formula is C7H8BBrO4. The normalized spacial score (nSPS) is 12.6. The molecule has 6 heteroatoms. The van der Waals surface area contributed by atoms with Crippen molar-refractivity contribution >= 4 is 23.0 Å². The van der Waals surface area contributed by atoms with Gasteiger partial charge in [0.15, 0.2) is 0 Å². The van der Waals surface area contributed by atoms with Crippen LogP contribution in [0.4, 0.5) is 0 Å². The number of rotatable bonds is 2. The topological polar surface area (TPSA) is 80.9 Å². The maximum Gasteiger partial charge on any atom is 0.487 e. The minimum Gasteiger partial charge on any atom is -0.508 e. The molecule has 13 heavy (non-hydrogen) atoms. The molecule has 4 nitrogen and oxygen atoms in total. The molecule has 0 aliphatic rings. The van der Waals surface area contributed by atoms with Gasteiger partial charge in [0.2, 0.25) is 0 Å². The standard InChI is InChI=1S/C7H8BBrO4/c9-6-2-1-4(10)3-5(6)7(11)8(12)13/h1-3,7,10-13H/t7-/m1/s1. The molecule has 0 unspecified atom stereocenters. The molecule has 1 rings (SSSR count). The predicted octanol–water partition coefficient (Wildman–Crippen LogP) is 0.200. The number of benzene rings is 1. The van der Waals surface area contributed by atoms with Gasteiger partial charge in [0.25, 0.3) is 0 Å². The van der Waals surface area contributed by atoms with Crippen LogP contribution in [0.3, 0.4) is 0 Å². The van der Waals surface area contributed by atoms with Gasteiger partial charge in [0, 0.05) is 4.47 Å². The van der Waals surface area contributed by atoms with Crippen LogP contribution in [0.1, 0.15) is 11.6 Å². The molecule has 1 aromatic rings. The fraction of sp³-hybridized carbons (Fsp3) is 0.143. The average Bonchev–Trinajstić information content (AvgIpc) is 2.08. The molecular weight excluding hydrogens is 239 g/mol. The summed E-state index contributed by atoms with van der Waals surface area (Å²) in [6.07, 6.45) is 0. The van der Waals surface area contributed by atoms with Gasteiger partial charge in [0.1, 0.15) is 11.8 Å². The molecule has 0 aromatic heterocycles. The van der Waals surface area contributed by atoms with E-state index in [1.165, 1.54) is 18.2 Å². The van der Waals surface area contributed by atoms with Crippen LogP contribution in [0.15, 0.2) is 22.7 Å². The maximum atomic E-state index is 9.26. The number of aromatic hydroxyl groups is 1. The van der Waals surface area contributed by atoms with Crippen LogP contribution in [-0.4, -0.2) is 27.4 Å². The molecule has 0 saturated heterocycles. The van der Waals surface area contributed by atoms with Gasteiger partial charge in [0.05, 0.1) is 0 Å². The van der Waals surface area contributed by atoms with E-state index in [-0.39, 0.29) is 11.3 Å². The lowest BCUT2D eigenvalue weighted by molar-refractivity contribution is 0.200. The van der Waals surface area contributed by atoms with E-state index in [1.54, 1.807) is 0 Å². The Morgan fingerprint density at radius 3 is 2.46 bits per heavy atom. The minimum absolute atomic E-state index is 0.0436. The number of phenolic OH excluding ortho intramolecular Hbond substituents is 1. The maximum absolute atomic E-state index is 9.26. The summed E-state index contributed by atoms with van der Waals surface area (Å²) in [7, 11) is -1.86. The van der Waals surface area contributed by atoms with Crippen LogP contribution in [-0.2, 0) is 0 Å². The van der Waals surface area contributed by atoms with Gasteiger partial charge in [-0.1, -0.05) is 15.9 Å². The van der Waals surface area contributed by atoms with Gasteiger partial charge in [-0.3, -0.25) is 0 Å². The lowest BCUT2D eigenvalue weighted by Gasteiger charge is -2.11. The van der Waals surface area contributed by atoms with Gasteiger partial charge < -0.3 is 20.3 Å². The second-order valence-corrected chi connectivity index (χ2v) is 3.42. The van der Waals surface area contributed by atoms with E-state index < -0.39 is 13.1 Å². The Kier molecular flexibility index (Phi) is 3.32. The fourth-order valence-corrected chi connectivity index (χ4v) is 1.40. The highest BCUT2D eigenvalue weighted by Crippen LogP contribution is 2.27. The molecule has 4 N–H and O–H groups in total. The predicted molar refractivity (Wildman–Crippen MR) is 51.0 cm³/mol. The molecule has 0 amide bonds. The van der Waals surface area contributed by atoms with Crippen LogP contribution in [0, 0.1) is 0 Å². The molecule has 70 valence electrons. The fourth-order valence-electron chi connectivity index (χ4n) is 0.918. The molecule has 0 saturated carbocycles. The Bertz CT molecular complexity index is 305. The molecule has 0 radical (unpaired) electrons. The highest BCUT2D eigenvalue weighted by molar-refractivity contribution is 9.10. The first-order chi connectivity index (χ1) is 6.02. The quantitative estimate of drug-likeness (QED) is 0.562. The summed E-state index contributed by atoms with van der Waals surface area (Å²) in [5, 5.41) is 35.7. The van der Waals surface area contributed by atoms with Crippen LogP contribution in [0.2, 0.25) is 0 Å². The van der Waals surface area contributed by atoms with Crippen molar-refractivity contribution in [1.29, 1.82) is 0 Å². The molecule has 1 atom stereocenters. The lowest BCUT2D eigenvalue weighted by atomic mass is 9.78. The Balaban J connectivity index is 3.05. The Morgan fingerprint density at radius 1 is 1.31 bits per heavy atom. The second-order valence-electron chi connectivity index (χ2n) is 2.56. The van der Waals surface area contributed by atoms with E-state index in [2.05, 4.69) is 15.9 Å². The first-order valence-electron chi connectivity index (χ1n) is 3.55. The van der Waals surface area contributed by atoms with Crippen molar-refractivity contribution in [2.45, 2.75) is 6.00 Å². The number of halogens is 1. The number of hydrogen-bond acceptors (Lipinski definition) is 4. The number of phenols is 1. The zero-order valence-electron chi connectivity index (χ0n) is 6.55. The molecule has 1 aromatic carbocycles. The van der Waals surface area contributed by atoms with Crippen molar-refractivity contribution in [1.82, 2.24) is 0 Å². The second kappa shape index (κ2) is 4.10. The van der Waals surface area contributed by atoms with Gasteiger partial charge >= 0.3 is 7.12 Å². The number of aliphatic hydroxyl groups excluding tert-OH is 1. The molecule has 0 heterocycles. The van der Waals surface area contributed by atoms with Crippen LogP contribution in [0.25, 0.3) is 0 Å². The third-order valence-electron chi connectivity index (χ3n) is 1.58. The van der Waals surface area contributed by atoms with Gasteiger partial charge in [-0.2, -0.15) is 0 Å². The van der Waals surface area contributed by atoms with E-state index in [9.17, 15) is 5.11 Å². The highest BCUT2D eigenvalue weighted by atomic mass is 79.9. The number of hydrogen-bond donors (Lipinski definition) is 4. The van der Waals surface area contributed by atoms with Crippen LogP contribution < -0.4 is 0 Å². The van der Waals surface area contributed by atoms with Crippen LogP contribution in [0.5, 0.6) is 5.75 Å².